The Bertz CT molecular complexity index is 991. The Hall–Kier alpha value is -3.03. The number of carbonyl (C=O) groups is 1. The number of likely N-dealkylation sites (tertiary alicyclic amines) is 1. The zero-order chi connectivity index (χ0) is 19.9. The molecule has 4 rings (SSSR count). The Kier molecular flexibility index (Phi) is 4.49. The molecule has 0 bridgehead atoms. The maximum Gasteiger partial charge on any atom is 0.416 e. The normalized spacial score (nSPS) is 17.3. The average Bonchev–Trinajstić information content (AvgIpc) is 3.40. The smallest absolute Gasteiger partial charge is 0.338 e. The zero-order valence-electron chi connectivity index (χ0n) is 15.2. The first kappa shape index (κ1) is 18.3. The van der Waals surface area contributed by atoms with E-state index in [1.165, 1.54) is 16.9 Å². The molecule has 0 saturated carbocycles. The summed E-state index contributed by atoms with van der Waals surface area (Å²) in [6.45, 7) is 3.42. The molecule has 0 spiro atoms. The van der Waals surface area contributed by atoms with Crippen LogP contribution in [0.5, 0.6) is 0 Å². The second-order valence-electron chi connectivity index (χ2n) is 7.08. The van der Waals surface area contributed by atoms with Gasteiger partial charge in [0.05, 0.1) is 17.4 Å². The first-order valence-corrected chi connectivity index (χ1v) is 9.03. The van der Waals surface area contributed by atoms with Crippen LogP contribution >= 0.6 is 0 Å². The number of halogens is 3. The van der Waals surface area contributed by atoms with Gasteiger partial charge in [-0.25, -0.2) is 4.68 Å². The molecule has 1 fully saturated rings. The van der Waals surface area contributed by atoms with Crippen LogP contribution in [0.15, 0.2) is 55.0 Å². The molecule has 3 aromatic rings. The Morgan fingerprint density at radius 1 is 1.18 bits per heavy atom. The lowest BCUT2D eigenvalue weighted by Gasteiger charge is -2.17. The molecular weight excluding hydrogens is 369 g/mol. The van der Waals surface area contributed by atoms with Gasteiger partial charge in [0.1, 0.15) is 5.56 Å². The van der Waals surface area contributed by atoms with E-state index < -0.39 is 11.7 Å². The topological polar surface area (TPSA) is 43.1 Å². The summed E-state index contributed by atoms with van der Waals surface area (Å²) >= 11 is 0. The highest BCUT2D eigenvalue weighted by Gasteiger charge is 2.32. The van der Waals surface area contributed by atoms with E-state index in [1.807, 2.05) is 0 Å². The van der Waals surface area contributed by atoms with Crippen LogP contribution in [0.25, 0.3) is 11.5 Å². The Morgan fingerprint density at radius 2 is 1.93 bits per heavy atom. The molecule has 1 amide bonds. The quantitative estimate of drug-likeness (QED) is 0.676. The third-order valence-corrected chi connectivity index (χ3v) is 4.95. The van der Waals surface area contributed by atoms with Gasteiger partial charge in [-0.15, -0.1) is 0 Å². The SMILES string of the molecule is CC1CCN(C(=O)c2cnn(-c3cccc(C(F)(F)F)c3)c2-n2cccc2)C1. The second-order valence-corrected chi connectivity index (χ2v) is 7.08. The molecule has 1 aliphatic rings. The van der Waals surface area contributed by atoms with Crippen molar-refractivity contribution in [3.8, 4) is 11.5 Å². The summed E-state index contributed by atoms with van der Waals surface area (Å²) in [5, 5.41) is 4.26. The van der Waals surface area contributed by atoms with Crippen molar-refractivity contribution in [2.75, 3.05) is 13.1 Å². The minimum atomic E-state index is -4.46. The zero-order valence-corrected chi connectivity index (χ0v) is 15.2. The molecule has 0 aliphatic carbocycles. The van der Waals surface area contributed by atoms with E-state index in [-0.39, 0.29) is 11.6 Å². The molecule has 28 heavy (non-hydrogen) atoms. The minimum absolute atomic E-state index is 0.161. The molecule has 5 nitrogen and oxygen atoms in total. The summed E-state index contributed by atoms with van der Waals surface area (Å²) in [5.41, 5.74) is -0.157. The molecule has 2 aromatic heterocycles. The van der Waals surface area contributed by atoms with Crippen molar-refractivity contribution in [2.45, 2.75) is 19.5 Å². The Morgan fingerprint density at radius 3 is 2.57 bits per heavy atom. The van der Waals surface area contributed by atoms with E-state index in [2.05, 4.69) is 12.0 Å². The van der Waals surface area contributed by atoms with Gasteiger partial charge >= 0.3 is 6.18 Å². The fraction of sp³-hybridized carbons (Fsp3) is 0.300. The van der Waals surface area contributed by atoms with E-state index in [0.29, 0.717) is 30.4 Å². The number of hydrogen-bond acceptors (Lipinski definition) is 2. The Labute approximate surface area is 160 Å². The fourth-order valence-electron chi connectivity index (χ4n) is 3.51. The van der Waals surface area contributed by atoms with Gasteiger partial charge < -0.3 is 9.47 Å². The predicted molar refractivity (Wildman–Crippen MR) is 97.6 cm³/mol. The number of rotatable bonds is 3. The van der Waals surface area contributed by atoms with Gasteiger partial charge in [0.25, 0.3) is 5.91 Å². The summed E-state index contributed by atoms with van der Waals surface area (Å²) < 4.78 is 42.5. The van der Waals surface area contributed by atoms with Gasteiger partial charge in [0.2, 0.25) is 0 Å². The number of amides is 1. The van der Waals surface area contributed by atoms with E-state index >= 15 is 0 Å². The van der Waals surface area contributed by atoms with Crippen LogP contribution in [0.1, 0.15) is 29.3 Å². The van der Waals surface area contributed by atoms with Crippen molar-refractivity contribution in [1.29, 1.82) is 0 Å². The maximum atomic E-state index is 13.1. The lowest BCUT2D eigenvalue weighted by molar-refractivity contribution is -0.137. The largest absolute Gasteiger partial charge is 0.416 e. The van der Waals surface area contributed by atoms with Crippen LogP contribution in [-0.2, 0) is 6.18 Å². The lowest BCUT2D eigenvalue weighted by Crippen LogP contribution is -2.29. The van der Waals surface area contributed by atoms with Gasteiger partial charge in [-0.2, -0.15) is 18.3 Å². The molecule has 146 valence electrons. The fourth-order valence-corrected chi connectivity index (χ4v) is 3.51. The van der Waals surface area contributed by atoms with Crippen LogP contribution in [0.2, 0.25) is 0 Å². The van der Waals surface area contributed by atoms with Crippen molar-refractivity contribution in [2.24, 2.45) is 5.92 Å². The number of carbonyl (C=O) groups excluding carboxylic acids is 1. The van der Waals surface area contributed by atoms with Crippen LogP contribution in [-0.4, -0.2) is 38.2 Å². The number of nitrogens with zero attached hydrogens (tertiary/aromatic N) is 4. The number of alkyl halides is 3. The summed E-state index contributed by atoms with van der Waals surface area (Å²) in [4.78, 5) is 14.8. The summed E-state index contributed by atoms with van der Waals surface area (Å²) in [5.74, 6) is 0.692. The van der Waals surface area contributed by atoms with Crippen LogP contribution in [0.3, 0.4) is 0 Å². The van der Waals surface area contributed by atoms with E-state index in [0.717, 1.165) is 18.6 Å². The highest BCUT2D eigenvalue weighted by atomic mass is 19.4. The van der Waals surface area contributed by atoms with Crippen molar-refractivity contribution in [3.05, 3.63) is 66.1 Å². The maximum absolute atomic E-state index is 13.1. The van der Waals surface area contributed by atoms with E-state index in [4.69, 9.17) is 0 Å². The number of benzene rings is 1. The lowest BCUT2D eigenvalue weighted by atomic mass is 10.2. The standard InChI is InChI=1S/C20H19F3N4O/c1-14-7-10-26(13-14)19(28)17-12-24-27(18(17)25-8-2-3-9-25)16-6-4-5-15(11-16)20(21,22)23/h2-6,8-9,11-12,14H,7,10,13H2,1H3. The highest BCUT2D eigenvalue weighted by molar-refractivity contribution is 5.97. The summed E-state index contributed by atoms with van der Waals surface area (Å²) in [7, 11) is 0. The van der Waals surface area contributed by atoms with Gasteiger partial charge in [-0.05, 0) is 42.7 Å². The van der Waals surface area contributed by atoms with E-state index in [9.17, 15) is 18.0 Å². The van der Waals surface area contributed by atoms with Gasteiger partial charge in [0, 0.05) is 25.5 Å². The van der Waals surface area contributed by atoms with Crippen LogP contribution in [0.4, 0.5) is 13.2 Å². The van der Waals surface area contributed by atoms with E-state index in [1.54, 1.807) is 40.1 Å². The molecular formula is C20H19F3N4O. The van der Waals surface area contributed by atoms with Crippen LogP contribution < -0.4 is 0 Å². The number of hydrogen-bond donors (Lipinski definition) is 0. The van der Waals surface area contributed by atoms with Gasteiger partial charge in [-0.1, -0.05) is 13.0 Å². The molecule has 1 atom stereocenters. The number of aromatic nitrogens is 3. The Balaban J connectivity index is 1.81. The highest BCUT2D eigenvalue weighted by Crippen LogP contribution is 2.31. The minimum Gasteiger partial charge on any atom is -0.338 e. The summed E-state index contributed by atoms with van der Waals surface area (Å²) in [6, 6.07) is 8.50. The third kappa shape index (κ3) is 3.30. The van der Waals surface area contributed by atoms with Gasteiger partial charge in [0.15, 0.2) is 5.82 Å². The second kappa shape index (κ2) is 6.85. The predicted octanol–water partition coefficient (Wildman–Crippen LogP) is 4.16. The monoisotopic (exact) mass is 388 g/mol. The molecule has 1 aromatic carbocycles. The summed E-state index contributed by atoms with van der Waals surface area (Å²) in [6.07, 6.45) is 1.39. The van der Waals surface area contributed by atoms with Crippen molar-refractivity contribution < 1.29 is 18.0 Å². The molecule has 1 aliphatic heterocycles. The molecule has 3 heterocycles. The van der Waals surface area contributed by atoms with Crippen molar-refractivity contribution >= 4 is 5.91 Å². The van der Waals surface area contributed by atoms with Gasteiger partial charge in [-0.3, -0.25) is 4.79 Å². The first-order valence-electron chi connectivity index (χ1n) is 9.03. The van der Waals surface area contributed by atoms with Crippen molar-refractivity contribution in [3.63, 3.8) is 0 Å². The first-order chi connectivity index (χ1) is 13.3. The third-order valence-electron chi connectivity index (χ3n) is 4.95. The van der Waals surface area contributed by atoms with Crippen LogP contribution in [0, 0.1) is 5.92 Å². The molecule has 1 saturated heterocycles. The van der Waals surface area contributed by atoms with Crippen molar-refractivity contribution in [1.82, 2.24) is 19.2 Å². The molecule has 0 radical (unpaired) electrons. The molecule has 1 unspecified atom stereocenters. The molecule has 8 heteroatoms. The molecule has 0 N–H and O–H groups in total. The average molecular weight is 388 g/mol.